The first-order valence-electron chi connectivity index (χ1n) is 11.4. The van der Waals surface area contributed by atoms with Crippen LogP contribution in [-0.2, 0) is 17.9 Å². The van der Waals surface area contributed by atoms with Crippen LogP contribution < -0.4 is 5.32 Å². The minimum Gasteiger partial charge on any atom is -0.351 e. The van der Waals surface area contributed by atoms with Gasteiger partial charge in [0.15, 0.2) is 5.82 Å². The van der Waals surface area contributed by atoms with Gasteiger partial charge in [0, 0.05) is 25.0 Å². The van der Waals surface area contributed by atoms with E-state index in [2.05, 4.69) is 22.2 Å². The van der Waals surface area contributed by atoms with Gasteiger partial charge in [-0.1, -0.05) is 38.0 Å². The largest absolute Gasteiger partial charge is 0.351 e. The van der Waals surface area contributed by atoms with Crippen LogP contribution in [0.4, 0.5) is 0 Å². The van der Waals surface area contributed by atoms with Crippen molar-refractivity contribution in [1.82, 2.24) is 24.8 Å². The van der Waals surface area contributed by atoms with Crippen molar-refractivity contribution in [3.8, 4) is 0 Å². The number of carbonyl (C=O) groups excluding carboxylic acids is 2. The van der Waals surface area contributed by atoms with Gasteiger partial charge in [-0.2, -0.15) is 0 Å². The average molecular weight is 432 g/mol. The Labute approximate surface area is 187 Å². The topological polar surface area (TPSA) is 80.1 Å². The first kappa shape index (κ1) is 20.7. The van der Waals surface area contributed by atoms with Crippen molar-refractivity contribution in [3.05, 3.63) is 60.2 Å². The molecule has 2 aromatic heterocycles. The summed E-state index contributed by atoms with van der Waals surface area (Å²) in [5, 5.41) is 3.30. The molecule has 7 nitrogen and oxygen atoms in total. The van der Waals surface area contributed by atoms with Crippen molar-refractivity contribution in [3.63, 3.8) is 0 Å². The fourth-order valence-corrected chi connectivity index (χ4v) is 5.11. The molecule has 5 rings (SSSR count). The second-order valence-electron chi connectivity index (χ2n) is 9.38. The molecule has 32 heavy (non-hydrogen) atoms. The average Bonchev–Trinajstić information content (AvgIpc) is 3.17. The fraction of sp³-hybridized carbons (Fsp3) is 0.440. The Morgan fingerprint density at radius 1 is 1.19 bits per heavy atom. The molecule has 3 aromatic rings. The molecule has 1 saturated carbocycles. The highest BCUT2D eigenvalue weighted by Gasteiger charge is 2.49. The summed E-state index contributed by atoms with van der Waals surface area (Å²) in [6, 6.07) is 11.6. The van der Waals surface area contributed by atoms with Crippen LogP contribution in [0.3, 0.4) is 0 Å². The van der Waals surface area contributed by atoms with E-state index in [1.165, 1.54) is 6.42 Å². The lowest BCUT2D eigenvalue weighted by molar-refractivity contribution is -0.134. The summed E-state index contributed by atoms with van der Waals surface area (Å²) in [7, 11) is 0. The summed E-state index contributed by atoms with van der Waals surface area (Å²) in [6.07, 6.45) is 7.89. The molecule has 1 aliphatic carbocycles. The van der Waals surface area contributed by atoms with E-state index >= 15 is 0 Å². The molecule has 2 amide bonds. The molecule has 3 heterocycles. The monoisotopic (exact) mass is 431 g/mol. The van der Waals surface area contributed by atoms with E-state index in [0.717, 1.165) is 35.9 Å². The molecule has 1 aromatic carbocycles. The lowest BCUT2D eigenvalue weighted by Gasteiger charge is -2.44. The van der Waals surface area contributed by atoms with Gasteiger partial charge in [-0.3, -0.25) is 14.6 Å². The highest BCUT2D eigenvalue weighted by Crippen LogP contribution is 2.33. The molecule has 0 saturated heterocycles. The number of nitrogens with one attached hydrogen (secondary N) is 1. The van der Waals surface area contributed by atoms with Gasteiger partial charge in [-0.25, -0.2) is 4.98 Å². The van der Waals surface area contributed by atoms with Crippen LogP contribution in [0, 0.1) is 5.92 Å². The molecule has 1 fully saturated rings. The predicted octanol–water partition coefficient (Wildman–Crippen LogP) is 3.54. The summed E-state index contributed by atoms with van der Waals surface area (Å²) < 4.78 is 1.90. The van der Waals surface area contributed by atoms with Crippen molar-refractivity contribution in [2.75, 3.05) is 0 Å². The summed E-state index contributed by atoms with van der Waals surface area (Å²) in [5.41, 5.74) is 1.49. The number of hydrogen-bond donors (Lipinski definition) is 1. The Morgan fingerprint density at radius 2 is 2.00 bits per heavy atom. The number of imidazole rings is 1. The maximum atomic E-state index is 13.8. The third-order valence-corrected chi connectivity index (χ3v) is 7.13. The normalized spacial score (nSPS) is 25.6. The van der Waals surface area contributed by atoms with Crippen molar-refractivity contribution in [1.29, 1.82) is 0 Å². The molecule has 1 N–H and O–H groups in total. The van der Waals surface area contributed by atoms with Gasteiger partial charge in [0.1, 0.15) is 5.54 Å². The molecule has 2 aliphatic rings. The molecule has 0 spiro atoms. The lowest BCUT2D eigenvalue weighted by Crippen LogP contribution is -2.65. The van der Waals surface area contributed by atoms with Crippen LogP contribution in [0.25, 0.3) is 11.0 Å². The highest BCUT2D eigenvalue weighted by atomic mass is 16.2. The van der Waals surface area contributed by atoms with Crippen LogP contribution in [-0.4, -0.2) is 42.8 Å². The third-order valence-electron chi connectivity index (χ3n) is 7.13. The molecular formula is C25H29N5O2. The van der Waals surface area contributed by atoms with E-state index in [9.17, 15) is 9.59 Å². The van der Waals surface area contributed by atoms with Crippen LogP contribution in [0.5, 0.6) is 0 Å². The number of para-hydroxylation sites is 2. The summed E-state index contributed by atoms with van der Waals surface area (Å²) in [6.45, 7) is 4.75. The van der Waals surface area contributed by atoms with Gasteiger partial charge >= 0.3 is 0 Å². The molecule has 166 valence electrons. The zero-order valence-corrected chi connectivity index (χ0v) is 18.6. The fourth-order valence-electron chi connectivity index (χ4n) is 5.11. The summed E-state index contributed by atoms with van der Waals surface area (Å²) >= 11 is 0. The summed E-state index contributed by atoms with van der Waals surface area (Å²) in [5.74, 6) is 0.487. The van der Waals surface area contributed by atoms with Gasteiger partial charge in [0.05, 0.1) is 17.6 Å². The van der Waals surface area contributed by atoms with Crippen molar-refractivity contribution in [2.45, 2.75) is 64.2 Å². The Hall–Kier alpha value is -3.22. The number of aromatic nitrogens is 3. The molecule has 3 atom stereocenters. The van der Waals surface area contributed by atoms with Crippen LogP contribution in [0.2, 0.25) is 0 Å². The maximum Gasteiger partial charge on any atom is 0.291 e. The predicted molar refractivity (Wildman–Crippen MR) is 122 cm³/mol. The maximum absolute atomic E-state index is 13.8. The molecule has 1 aliphatic heterocycles. The van der Waals surface area contributed by atoms with Gasteiger partial charge in [0.2, 0.25) is 5.91 Å². The van der Waals surface area contributed by atoms with Crippen LogP contribution in [0.1, 0.15) is 55.7 Å². The van der Waals surface area contributed by atoms with Crippen molar-refractivity contribution >= 4 is 22.8 Å². The number of rotatable bonds is 4. The Kier molecular flexibility index (Phi) is 5.19. The molecule has 0 radical (unpaired) electrons. The first-order valence-corrected chi connectivity index (χ1v) is 11.4. The van der Waals surface area contributed by atoms with Gasteiger partial charge in [-0.05, 0) is 49.4 Å². The highest BCUT2D eigenvalue weighted by molar-refractivity contribution is 6.01. The van der Waals surface area contributed by atoms with Crippen molar-refractivity contribution < 1.29 is 9.59 Å². The van der Waals surface area contributed by atoms with E-state index in [1.807, 2.05) is 47.9 Å². The minimum atomic E-state index is -1.04. The number of carbonyl (C=O) groups is 2. The number of nitrogens with zero attached hydrogens (tertiary/aromatic N) is 4. The Bertz CT molecular complexity index is 1160. The number of benzene rings is 1. The Balaban J connectivity index is 1.55. The minimum absolute atomic E-state index is 0.100. The number of pyridine rings is 1. The van der Waals surface area contributed by atoms with Gasteiger partial charge in [-0.15, -0.1) is 0 Å². The molecule has 7 heteroatoms. The van der Waals surface area contributed by atoms with Crippen molar-refractivity contribution in [2.24, 2.45) is 5.92 Å². The number of fused-ring (bicyclic) bond motifs is 3. The third kappa shape index (κ3) is 3.45. The summed E-state index contributed by atoms with van der Waals surface area (Å²) in [4.78, 5) is 38.0. The Morgan fingerprint density at radius 3 is 2.78 bits per heavy atom. The zero-order chi connectivity index (χ0) is 22.3. The zero-order valence-electron chi connectivity index (χ0n) is 18.6. The second kappa shape index (κ2) is 8.04. The lowest BCUT2D eigenvalue weighted by atomic mass is 9.85. The van der Waals surface area contributed by atoms with E-state index in [-0.39, 0.29) is 17.9 Å². The smallest absolute Gasteiger partial charge is 0.291 e. The van der Waals surface area contributed by atoms with E-state index in [0.29, 0.717) is 24.8 Å². The quantitative estimate of drug-likeness (QED) is 0.685. The SMILES string of the molecule is C[C@@H]1CCCC[C@H]1NC(=O)[C@]1(C)Cn2c(nc3ccccc32)C(=O)N1Cc1cccnc1. The van der Waals surface area contributed by atoms with Gasteiger partial charge in [0.25, 0.3) is 5.91 Å². The second-order valence-corrected chi connectivity index (χ2v) is 9.38. The molecule has 0 unspecified atom stereocenters. The molecular weight excluding hydrogens is 402 g/mol. The first-order chi connectivity index (χ1) is 15.5. The van der Waals surface area contributed by atoms with E-state index in [1.54, 1.807) is 17.3 Å². The molecule has 0 bridgehead atoms. The number of amides is 2. The van der Waals surface area contributed by atoms with Crippen LogP contribution in [0.15, 0.2) is 48.8 Å². The number of hydrogen-bond acceptors (Lipinski definition) is 4. The standard InChI is InChI=1S/C25H29N5O2/c1-17-8-3-4-10-19(17)28-24(32)25(2)16-29-21-12-6-5-11-20(21)27-22(29)23(31)30(25)15-18-9-7-13-26-14-18/h5-7,9,11-14,17,19H,3-4,8,10,15-16H2,1-2H3,(H,28,32)/t17-,19-,25+/m1/s1. The van der Waals surface area contributed by atoms with E-state index < -0.39 is 5.54 Å². The van der Waals surface area contributed by atoms with E-state index in [4.69, 9.17) is 0 Å². The van der Waals surface area contributed by atoms with Crippen LogP contribution >= 0.6 is 0 Å². The van der Waals surface area contributed by atoms with Gasteiger partial charge < -0.3 is 14.8 Å².